The molecule has 2 atom stereocenters. The number of hydrogen-bond acceptors (Lipinski definition) is 4. The van der Waals surface area contributed by atoms with Gasteiger partial charge in [-0.05, 0) is 13.8 Å². The number of hydrogen-bond donors (Lipinski definition) is 1. The van der Waals surface area contributed by atoms with Crippen LogP contribution in [0.15, 0.2) is 12.5 Å². The van der Waals surface area contributed by atoms with Crippen LogP contribution in [-0.2, 0) is 16.6 Å². The zero-order valence-electron chi connectivity index (χ0n) is 12.5. The van der Waals surface area contributed by atoms with Crippen molar-refractivity contribution in [3.05, 3.63) is 18.2 Å². The molecular weight excluding hydrogens is 256 g/mol. The highest BCUT2D eigenvalue weighted by atomic mass is 16.5. The van der Waals surface area contributed by atoms with E-state index < -0.39 is 0 Å². The summed E-state index contributed by atoms with van der Waals surface area (Å²) in [5.41, 5.74) is 7.12. The molecule has 0 aromatic carbocycles. The van der Waals surface area contributed by atoms with E-state index in [0.29, 0.717) is 26.1 Å². The van der Waals surface area contributed by atoms with Gasteiger partial charge in [-0.25, -0.2) is 4.98 Å². The van der Waals surface area contributed by atoms with Crippen LogP contribution < -0.4 is 5.73 Å². The molecule has 0 unspecified atom stereocenters. The van der Waals surface area contributed by atoms with Gasteiger partial charge in [-0.2, -0.15) is 0 Å². The number of aryl methyl sites for hydroxylation is 1. The maximum absolute atomic E-state index is 12.1. The van der Waals surface area contributed by atoms with Gasteiger partial charge in [0.1, 0.15) is 0 Å². The van der Waals surface area contributed by atoms with E-state index in [0.717, 1.165) is 5.69 Å². The molecule has 112 valence electrons. The summed E-state index contributed by atoms with van der Waals surface area (Å²) in [6.45, 7) is 5.65. The van der Waals surface area contributed by atoms with Gasteiger partial charge in [-0.1, -0.05) is 0 Å². The average molecular weight is 280 g/mol. The Morgan fingerprint density at radius 1 is 1.55 bits per heavy atom. The van der Waals surface area contributed by atoms with Gasteiger partial charge in [-0.3, -0.25) is 4.79 Å². The molecule has 20 heavy (non-hydrogen) atoms. The van der Waals surface area contributed by atoms with Crippen molar-refractivity contribution in [3.63, 3.8) is 0 Å². The van der Waals surface area contributed by atoms with Crippen LogP contribution in [0.1, 0.15) is 31.9 Å². The lowest BCUT2D eigenvalue weighted by Crippen LogP contribution is -2.32. The molecule has 1 aromatic heterocycles. The summed E-state index contributed by atoms with van der Waals surface area (Å²) in [6.07, 6.45) is 4.31. The molecule has 2 heterocycles. The van der Waals surface area contributed by atoms with Crippen LogP contribution in [0.3, 0.4) is 0 Å². The zero-order valence-corrected chi connectivity index (χ0v) is 12.5. The Balaban J connectivity index is 1.88. The quantitative estimate of drug-likeness (QED) is 0.852. The Morgan fingerprint density at radius 3 is 2.90 bits per heavy atom. The Hall–Kier alpha value is -1.40. The Morgan fingerprint density at radius 2 is 2.30 bits per heavy atom. The van der Waals surface area contributed by atoms with Gasteiger partial charge in [0.25, 0.3) is 0 Å². The predicted octanol–water partition coefficient (Wildman–Crippen LogP) is 0.488. The van der Waals surface area contributed by atoms with Gasteiger partial charge < -0.3 is 19.9 Å². The molecule has 0 bridgehead atoms. The summed E-state index contributed by atoms with van der Waals surface area (Å²) in [5.74, 6) is 0.241. The molecule has 6 heteroatoms. The van der Waals surface area contributed by atoms with Crippen LogP contribution in [0.5, 0.6) is 0 Å². The van der Waals surface area contributed by atoms with Crippen molar-refractivity contribution in [2.24, 2.45) is 12.8 Å². The summed E-state index contributed by atoms with van der Waals surface area (Å²) in [6, 6.07) is -0.0418. The second kappa shape index (κ2) is 6.37. The number of rotatable bonds is 5. The molecule has 1 aromatic rings. The Labute approximate surface area is 119 Å². The molecule has 1 fully saturated rings. The minimum Gasteiger partial charge on any atom is -0.378 e. The first-order valence-electron chi connectivity index (χ1n) is 7.10. The largest absolute Gasteiger partial charge is 0.378 e. The van der Waals surface area contributed by atoms with Crippen molar-refractivity contribution in [3.8, 4) is 0 Å². The van der Waals surface area contributed by atoms with Crippen LogP contribution in [0.25, 0.3) is 0 Å². The second-order valence-electron chi connectivity index (χ2n) is 5.70. The first-order valence-corrected chi connectivity index (χ1v) is 7.10. The predicted molar refractivity (Wildman–Crippen MR) is 76.2 cm³/mol. The van der Waals surface area contributed by atoms with Crippen LogP contribution in [-0.4, -0.2) is 52.2 Å². The fourth-order valence-corrected chi connectivity index (χ4v) is 2.51. The molecule has 0 saturated carbocycles. The van der Waals surface area contributed by atoms with Gasteiger partial charge in [0.15, 0.2) is 0 Å². The molecule has 6 nitrogen and oxygen atoms in total. The van der Waals surface area contributed by atoms with E-state index >= 15 is 0 Å². The van der Waals surface area contributed by atoms with Crippen LogP contribution in [0.2, 0.25) is 0 Å². The highest BCUT2D eigenvalue weighted by Crippen LogP contribution is 2.25. The maximum Gasteiger partial charge on any atom is 0.224 e. The van der Waals surface area contributed by atoms with E-state index in [1.165, 1.54) is 0 Å². The lowest BCUT2D eigenvalue weighted by molar-refractivity contribution is -0.131. The van der Waals surface area contributed by atoms with Crippen molar-refractivity contribution in [1.29, 1.82) is 0 Å². The summed E-state index contributed by atoms with van der Waals surface area (Å²) in [5, 5.41) is 0. The lowest BCUT2D eigenvalue weighted by Gasteiger charge is -2.16. The van der Waals surface area contributed by atoms with E-state index in [2.05, 4.69) is 4.98 Å². The SMILES string of the molecule is CC(C)OCCC(=O)N1C[C@@H](N)[C@H](c2cn(C)cn2)C1. The molecule has 1 saturated heterocycles. The fraction of sp³-hybridized carbons (Fsp3) is 0.714. The van der Waals surface area contributed by atoms with Crippen LogP contribution >= 0.6 is 0 Å². The van der Waals surface area contributed by atoms with Gasteiger partial charge in [-0.15, -0.1) is 0 Å². The molecule has 1 aliphatic heterocycles. The normalized spacial score (nSPS) is 22.8. The number of carbonyl (C=O) groups excluding carboxylic acids is 1. The fourth-order valence-electron chi connectivity index (χ4n) is 2.51. The summed E-state index contributed by atoms with van der Waals surface area (Å²) in [4.78, 5) is 18.3. The van der Waals surface area contributed by atoms with E-state index in [4.69, 9.17) is 10.5 Å². The lowest BCUT2D eigenvalue weighted by atomic mass is 10.0. The number of ether oxygens (including phenoxy) is 1. The summed E-state index contributed by atoms with van der Waals surface area (Å²) >= 11 is 0. The van der Waals surface area contributed by atoms with Gasteiger partial charge in [0.05, 0.1) is 31.2 Å². The number of imidazole rings is 1. The zero-order chi connectivity index (χ0) is 14.7. The monoisotopic (exact) mass is 280 g/mol. The first kappa shape index (κ1) is 15.0. The molecular formula is C14H24N4O2. The number of likely N-dealkylation sites (tertiary alicyclic amines) is 1. The minimum atomic E-state index is -0.0418. The third kappa shape index (κ3) is 3.58. The van der Waals surface area contributed by atoms with Gasteiger partial charge >= 0.3 is 0 Å². The Bertz CT molecular complexity index is 458. The standard InChI is InChI=1S/C14H24N4O2/c1-10(2)20-5-4-14(19)18-6-11(12(15)7-18)13-8-17(3)9-16-13/h8-12H,4-7,15H2,1-3H3/t11-,12-/m1/s1. The van der Waals surface area contributed by atoms with Crippen molar-refractivity contribution in [1.82, 2.24) is 14.5 Å². The third-order valence-corrected chi connectivity index (χ3v) is 3.59. The average Bonchev–Trinajstić information content (AvgIpc) is 2.94. The smallest absolute Gasteiger partial charge is 0.224 e. The molecule has 0 radical (unpaired) electrons. The molecule has 0 spiro atoms. The summed E-state index contributed by atoms with van der Waals surface area (Å²) < 4.78 is 7.33. The maximum atomic E-state index is 12.1. The van der Waals surface area contributed by atoms with Crippen LogP contribution in [0.4, 0.5) is 0 Å². The highest BCUT2D eigenvalue weighted by Gasteiger charge is 2.34. The van der Waals surface area contributed by atoms with Crippen LogP contribution in [0, 0.1) is 0 Å². The minimum absolute atomic E-state index is 0.0418. The van der Waals surface area contributed by atoms with Crippen molar-refractivity contribution < 1.29 is 9.53 Å². The number of carbonyl (C=O) groups is 1. The van der Waals surface area contributed by atoms with Gasteiger partial charge in [0, 0.05) is 38.3 Å². The number of nitrogens with two attached hydrogens (primary N) is 1. The third-order valence-electron chi connectivity index (χ3n) is 3.59. The first-order chi connectivity index (χ1) is 9.47. The molecule has 2 rings (SSSR count). The number of nitrogens with zero attached hydrogens (tertiary/aromatic N) is 3. The van der Waals surface area contributed by atoms with Crippen molar-refractivity contribution in [2.75, 3.05) is 19.7 Å². The van der Waals surface area contributed by atoms with Crippen molar-refractivity contribution >= 4 is 5.91 Å². The van der Waals surface area contributed by atoms with Crippen molar-refractivity contribution in [2.45, 2.75) is 38.3 Å². The van der Waals surface area contributed by atoms with E-state index in [1.807, 2.05) is 36.6 Å². The van der Waals surface area contributed by atoms with E-state index in [9.17, 15) is 4.79 Å². The van der Waals surface area contributed by atoms with Gasteiger partial charge in [0.2, 0.25) is 5.91 Å². The molecule has 0 aliphatic carbocycles. The number of aromatic nitrogens is 2. The van der Waals surface area contributed by atoms with E-state index in [1.54, 1.807) is 6.33 Å². The molecule has 1 aliphatic rings. The number of amides is 1. The summed E-state index contributed by atoms with van der Waals surface area (Å²) in [7, 11) is 1.93. The van der Waals surface area contributed by atoms with E-state index in [-0.39, 0.29) is 24.0 Å². The second-order valence-corrected chi connectivity index (χ2v) is 5.70. The topological polar surface area (TPSA) is 73.4 Å². The highest BCUT2D eigenvalue weighted by molar-refractivity contribution is 5.76. The Kier molecular flexibility index (Phi) is 4.77. The molecule has 2 N–H and O–H groups in total. The molecule has 1 amide bonds.